The minimum absolute atomic E-state index is 0.0325. The number of methoxy groups -OCH3 is 1. The summed E-state index contributed by atoms with van der Waals surface area (Å²) in [6.07, 6.45) is 1.19. The van der Waals surface area contributed by atoms with E-state index in [1.165, 1.54) is 0 Å². The molecular weight excluding hydrogens is 270 g/mol. The van der Waals surface area contributed by atoms with Crippen molar-refractivity contribution in [2.75, 3.05) is 7.11 Å². The van der Waals surface area contributed by atoms with Crippen molar-refractivity contribution in [3.63, 3.8) is 0 Å². The first kappa shape index (κ1) is 13.3. The summed E-state index contributed by atoms with van der Waals surface area (Å²) in [5.74, 6) is 0. The van der Waals surface area contributed by atoms with Crippen molar-refractivity contribution in [2.45, 2.75) is 32.4 Å². The number of hydrogen-bond donors (Lipinski definition) is 1. The van der Waals surface area contributed by atoms with E-state index in [2.05, 4.69) is 29.5 Å². The molecule has 2 unspecified atom stereocenters. The van der Waals surface area contributed by atoms with E-state index in [0.29, 0.717) is 16.4 Å². The molecule has 1 aliphatic carbocycles. The highest BCUT2D eigenvalue weighted by Gasteiger charge is 2.50. The second-order valence-electron chi connectivity index (χ2n) is 5.94. The number of hydrogen-bond acceptors (Lipinski definition) is 3. The number of aromatic amines is 1. The van der Waals surface area contributed by atoms with E-state index in [0.717, 1.165) is 17.5 Å². The Kier molecular flexibility index (Phi) is 2.96. The van der Waals surface area contributed by atoms with Crippen LogP contribution in [0.4, 0.5) is 0 Å². The van der Waals surface area contributed by atoms with Gasteiger partial charge in [-0.2, -0.15) is 5.26 Å². The van der Waals surface area contributed by atoms with E-state index in [1.54, 1.807) is 7.11 Å². The summed E-state index contributed by atoms with van der Waals surface area (Å²) in [5.41, 5.74) is 2.66. The maximum Gasteiger partial charge on any atom is 0.178 e. The first-order valence-corrected chi connectivity index (χ1v) is 7.07. The highest BCUT2D eigenvalue weighted by Crippen LogP contribution is 2.51. The molecule has 0 saturated heterocycles. The van der Waals surface area contributed by atoms with E-state index < -0.39 is 0 Å². The predicted octanol–water partition coefficient (Wildman–Crippen LogP) is 3.56. The molecule has 1 aromatic carbocycles. The summed E-state index contributed by atoms with van der Waals surface area (Å²) in [4.78, 5) is 3.23. The molecule has 3 rings (SSSR count). The minimum atomic E-state index is 0.0325. The number of benzene rings is 1. The molecule has 20 heavy (non-hydrogen) atoms. The molecule has 5 heteroatoms. The second-order valence-corrected chi connectivity index (χ2v) is 6.33. The van der Waals surface area contributed by atoms with Crippen LogP contribution >= 0.6 is 12.2 Å². The van der Waals surface area contributed by atoms with E-state index in [4.69, 9.17) is 22.2 Å². The number of H-pyrrole nitrogens is 1. The Bertz CT molecular complexity index is 765. The van der Waals surface area contributed by atoms with Gasteiger partial charge < -0.3 is 14.3 Å². The molecule has 2 aromatic rings. The Labute approximate surface area is 123 Å². The SMILES string of the molecule is COC1CC(n2c(=S)[nH]c3ccc(C#N)cc32)C1(C)C. The van der Waals surface area contributed by atoms with Gasteiger partial charge in [0.2, 0.25) is 0 Å². The van der Waals surface area contributed by atoms with Crippen LogP contribution in [0.3, 0.4) is 0 Å². The zero-order chi connectivity index (χ0) is 14.5. The minimum Gasteiger partial charge on any atom is -0.381 e. The van der Waals surface area contributed by atoms with Crippen LogP contribution in [0.1, 0.15) is 31.9 Å². The quantitative estimate of drug-likeness (QED) is 0.859. The molecule has 1 heterocycles. The van der Waals surface area contributed by atoms with Crippen molar-refractivity contribution in [3.05, 3.63) is 28.5 Å². The van der Waals surface area contributed by atoms with Gasteiger partial charge in [-0.05, 0) is 36.8 Å². The molecule has 0 amide bonds. The van der Waals surface area contributed by atoms with Crippen LogP contribution in [-0.4, -0.2) is 22.8 Å². The first-order chi connectivity index (χ1) is 9.48. The summed E-state index contributed by atoms with van der Waals surface area (Å²) in [6.45, 7) is 4.40. The van der Waals surface area contributed by atoms with Crippen LogP contribution in [0.15, 0.2) is 18.2 Å². The van der Waals surface area contributed by atoms with Crippen LogP contribution in [-0.2, 0) is 4.74 Å². The number of ether oxygens (including phenoxy) is 1. The fourth-order valence-electron chi connectivity index (χ4n) is 3.20. The standard InChI is InChI=1S/C15H17N3OS/c1-15(2)12(7-13(15)19-3)18-11-6-9(8-16)4-5-10(11)17-14(18)20/h4-6,12-13H,7H2,1-3H3,(H,17,20). The van der Waals surface area contributed by atoms with E-state index in [-0.39, 0.29) is 11.5 Å². The molecule has 1 saturated carbocycles. The van der Waals surface area contributed by atoms with Gasteiger partial charge in [0.15, 0.2) is 4.77 Å². The molecule has 104 valence electrons. The number of aromatic nitrogens is 2. The lowest BCUT2D eigenvalue weighted by Crippen LogP contribution is -2.51. The first-order valence-electron chi connectivity index (χ1n) is 6.66. The number of nitriles is 1. The van der Waals surface area contributed by atoms with Crippen LogP contribution in [0.5, 0.6) is 0 Å². The molecule has 4 nitrogen and oxygen atoms in total. The maximum atomic E-state index is 9.07. The second kappa shape index (κ2) is 4.44. The molecule has 0 spiro atoms. The largest absolute Gasteiger partial charge is 0.381 e. The zero-order valence-electron chi connectivity index (χ0n) is 11.8. The van der Waals surface area contributed by atoms with Crippen molar-refractivity contribution < 1.29 is 4.74 Å². The van der Waals surface area contributed by atoms with E-state index in [9.17, 15) is 0 Å². The summed E-state index contributed by atoms with van der Waals surface area (Å²) in [6, 6.07) is 8.10. The van der Waals surface area contributed by atoms with E-state index in [1.807, 2.05) is 18.2 Å². The number of nitrogens with one attached hydrogen (secondary N) is 1. The summed E-state index contributed by atoms with van der Waals surface area (Å²) in [7, 11) is 1.75. The van der Waals surface area contributed by atoms with Gasteiger partial charge in [0.25, 0.3) is 0 Å². The number of nitrogens with zero attached hydrogens (tertiary/aromatic N) is 2. The Hall–Kier alpha value is -1.64. The fraction of sp³-hybridized carbons (Fsp3) is 0.467. The molecule has 1 fully saturated rings. The third kappa shape index (κ3) is 1.72. The summed E-state index contributed by atoms with van der Waals surface area (Å²) in [5, 5.41) is 9.07. The molecule has 1 N–H and O–H groups in total. The van der Waals surface area contributed by atoms with Gasteiger partial charge in [0.05, 0.1) is 28.8 Å². The van der Waals surface area contributed by atoms with Gasteiger partial charge in [-0.15, -0.1) is 0 Å². The van der Waals surface area contributed by atoms with Gasteiger partial charge in [-0.3, -0.25) is 0 Å². The molecule has 1 aromatic heterocycles. The topological polar surface area (TPSA) is 53.7 Å². The Balaban J connectivity index is 2.15. The van der Waals surface area contributed by atoms with Crippen LogP contribution in [0.2, 0.25) is 0 Å². The van der Waals surface area contributed by atoms with Gasteiger partial charge in [-0.1, -0.05) is 13.8 Å². The number of imidazole rings is 1. The lowest BCUT2D eigenvalue weighted by molar-refractivity contribution is -0.111. The molecule has 0 radical (unpaired) electrons. The number of rotatable bonds is 2. The normalized spacial score (nSPS) is 24.3. The predicted molar refractivity (Wildman–Crippen MR) is 80.1 cm³/mol. The van der Waals surface area contributed by atoms with Crippen molar-refractivity contribution in [1.82, 2.24) is 9.55 Å². The highest BCUT2D eigenvalue weighted by atomic mass is 32.1. The third-order valence-electron chi connectivity index (χ3n) is 4.57. The Morgan fingerprint density at radius 1 is 1.50 bits per heavy atom. The highest BCUT2D eigenvalue weighted by molar-refractivity contribution is 7.71. The molecular formula is C15H17N3OS. The van der Waals surface area contributed by atoms with Gasteiger partial charge in [0.1, 0.15) is 0 Å². The smallest absolute Gasteiger partial charge is 0.178 e. The monoisotopic (exact) mass is 287 g/mol. The Morgan fingerprint density at radius 2 is 2.25 bits per heavy atom. The molecule has 0 bridgehead atoms. The van der Waals surface area contributed by atoms with Crippen LogP contribution < -0.4 is 0 Å². The van der Waals surface area contributed by atoms with Crippen LogP contribution in [0.25, 0.3) is 11.0 Å². The van der Waals surface area contributed by atoms with E-state index >= 15 is 0 Å². The Morgan fingerprint density at radius 3 is 2.85 bits per heavy atom. The fourth-order valence-corrected chi connectivity index (χ4v) is 3.54. The number of fused-ring (bicyclic) bond motifs is 1. The third-order valence-corrected chi connectivity index (χ3v) is 4.87. The van der Waals surface area contributed by atoms with Crippen molar-refractivity contribution in [1.29, 1.82) is 5.26 Å². The average Bonchev–Trinajstić information content (AvgIpc) is 2.74. The zero-order valence-corrected chi connectivity index (χ0v) is 12.6. The maximum absolute atomic E-state index is 9.07. The lowest BCUT2D eigenvalue weighted by atomic mass is 9.64. The van der Waals surface area contributed by atoms with Crippen molar-refractivity contribution >= 4 is 23.3 Å². The van der Waals surface area contributed by atoms with Gasteiger partial charge >= 0.3 is 0 Å². The molecule has 1 aliphatic rings. The van der Waals surface area contributed by atoms with Gasteiger partial charge in [-0.25, -0.2) is 0 Å². The summed E-state index contributed by atoms with van der Waals surface area (Å²) >= 11 is 5.47. The van der Waals surface area contributed by atoms with Gasteiger partial charge in [0, 0.05) is 18.6 Å². The molecule has 0 aliphatic heterocycles. The van der Waals surface area contributed by atoms with Crippen molar-refractivity contribution in [2.24, 2.45) is 5.41 Å². The lowest BCUT2D eigenvalue weighted by Gasteiger charge is -2.51. The molecule has 2 atom stereocenters. The van der Waals surface area contributed by atoms with Crippen molar-refractivity contribution in [3.8, 4) is 6.07 Å². The average molecular weight is 287 g/mol. The van der Waals surface area contributed by atoms with Crippen LogP contribution in [0, 0.1) is 21.5 Å². The summed E-state index contributed by atoms with van der Waals surface area (Å²) < 4.78 is 8.37.